The second-order valence-corrected chi connectivity index (χ2v) is 4.98. The quantitative estimate of drug-likeness (QED) is 0.459. The third-order valence-electron chi connectivity index (χ3n) is 2.53. The van der Waals surface area contributed by atoms with E-state index < -0.39 is 16.4 Å². The van der Waals surface area contributed by atoms with Crippen molar-refractivity contribution < 1.29 is 14.1 Å². The van der Waals surface area contributed by atoms with Crippen molar-refractivity contribution in [1.29, 1.82) is 0 Å². The van der Waals surface area contributed by atoms with Crippen LogP contribution >= 0.6 is 15.9 Å². The van der Waals surface area contributed by atoms with Gasteiger partial charge >= 0.3 is 5.69 Å². The lowest BCUT2D eigenvalue weighted by atomic mass is 10.3. The molecule has 110 valence electrons. The van der Waals surface area contributed by atoms with Crippen LogP contribution in [-0.4, -0.2) is 14.9 Å². The first-order valence-electron chi connectivity index (χ1n) is 6.15. The van der Waals surface area contributed by atoms with Gasteiger partial charge in [0.1, 0.15) is 16.2 Å². The molecule has 0 N–H and O–H groups in total. The van der Waals surface area contributed by atoms with Crippen molar-refractivity contribution in [3.8, 4) is 11.6 Å². The van der Waals surface area contributed by atoms with Crippen LogP contribution in [0.25, 0.3) is 0 Å². The molecule has 0 spiro atoms. The maximum atomic E-state index is 13.5. The average molecular weight is 356 g/mol. The van der Waals surface area contributed by atoms with Gasteiger partial charge in [0.2, 0.25) is 11.7 Å². The fourth-order valence-electron chi connectivity index (χ4n) is 1.65. The van der Waals surface area contributed by atoms with Gasteiger partial charge in [0, 0.05) is 24.6 Å². The van der Waals surface area contributed by atoms with Gasteiger partial charge in [0.25, 0.3) is 0 Å². The van der Waals surface area contributed by atoms with Gasteiger partial charge in [0.15, 0.2) is 0 Å². The highest BCUT2D eigenvalue weighted by atomic mass is 79.9. The van der Waals surface area contributed by atoms with Gasteiger partial charge in [-0.3, -0.25) is 10.1 Å². The molecule has 6 nitrogen and oxygen atoms in total. The molecular weight excluding hydrogens is 345 g/mol. The maximum Gasteiger partial charge on any atom is 0.305 e. The van der Waals surface area contributed by atoms with Crippen molar-refractivity contribution in [1.82, 2.24) is 9.97 Å². The summed E-state index contributed by atoms with van der Waals surface area (Å²) in [4.78, 5) is 18.1. The summed E-state index contributed by atoms with van der Waals surface area (Å²) in [6, 6.07) is 4.86. The van der Waals surface area contributed by atoms with Crippen molar-refractivity contribution in [3.63, 3.8) is 0 Å². The minimum absolute atomic E-state index is 0.131. The smallest absolute Gasteiger partial charge is 0.305 e. The SMILES string of the molecule is CCCc1nc(Br)cc(Oc2ccc([N+](=O)[O-])c(F)c2)n1. The summed E-state index contributed by atoms with van der Waals surface area (Å²) in [7, 11) is 0. The Morgan fingerprint density at radius 2 is 2.14 bits per heavy atom. The number of aryl methyl sites for hydroxylation is 1. The number of benzene rings is 1. The summed E-state index contributed by atoms with van der Waals surface area (Å²) >= 11 is 3.25. The molecule has 0 saturated carbocycles. The van der Waals surface area contributed by atoms with E-state index in [9.17, 15) is 14.5 Å². The first kappa shape index (κ1) is 15.3. The molecule has 21 heavy (non-hydrogen) atoms. The van der Waals surface area contributed by atoms with Crippen molar-refractivity contribution in [2.75, 3.05) is 0 Å². The summed E-state index contributed by atoms with van der Waals surface area (Å²) in [6.07, 6.45) is 1.56. The standard InChI is InChI=1S/C13H11BrFN3O3/c1-2-3-12-16-11(14)7-13(17-12)21-8-4-5-10(18(19)20)9(15)6-8/h4-7H,2-3H2,1H3. The monoisotopic (exact) mass is 355 g/mol. The van der Waals surface area contributed by atoms with Gasteiger partial charge in [0.05, 0.1) is 4.92 Å². The minimum atomic E-state index is -0.959. The van der Waals surface area contributed by atoms with E-state index in [1.807, 2.05) is 6.92 Å². The van der Waals surface area contributed by atoms with E-state index in [1.54, 1.807) is 6.07 Å². The Hall–Kier alpha value is -2.09. The van der Waals surface area contributed by atoms with Crippen LogP contribution in [0.5, 0.6) is 11.6 Å². The lowest BCUT2D eigenvalue weighted by molar-refractivity contribution is -0.387. The van der Waals surface area contributed by atoms with Crippen LogP contribution in [0.4, 0.5) is 10.1 Å². The van der Waals surface area contributed by atoms with E-state index in [4.69, 9.17) is 4.74 Å². The summed E-state index contributed by atoms with van der Waals surface area (Å²) in [5, 5.41) is 10.6. The van der Waals surface area contributed by atoms with E-state index >= 15 is 0 Å². The molecule has 0 aliphatic carbocycles. The Morgan fingerprint density at radius 3 is 2.76 bits per heavy atom. The molecule has 0 radical (unpaired) electrons. The molecule has 0 aliphatic rings. The predicted molar refractivity (Wildman–Crippen MR) is 76.9 cm³/mol. The highest BCUT2D eigenvalue weighted by molar-refractivity contribution is 9.10. The van der Waals surface area contributed by atoms with Crippen molar-refractivity contribution in [3.05, 3.63) is 50.6 Å². The Kier molecular flexibility index (Phi) is 4.79. The number of ether oxygens (including phenoxy) is 1. The van der Waals surface area contributed by atoms with Gasteiger partial charge in [-0.15, -0.1) is 0 Å². The summed E-state index contributed by atoms with van der Waals surface area (Å²) in [5.41, 5.74) is -0.599. The fourth-order valence-corrected chi connectivity index (χ4v) is 2.05. The lowest BCUT2D eigenvalue weighted by Gasteiger charge is -2.07. The maximum absolute atomic E-state index is 13.5. The molecule has 1 heterocycles. The van der Waals surface area contributed by atoms with E-state index in [1.165, 1.54) is 6.07 Å². The average Bonchev–Trinajstić information content (AvgIpc) is 2.37. The van der Waals surface area contributed by atoms with Crippen LogP contribution in [0.3, 0.4) is 0 Å². The normalized spacial score (nSPS) is 10.4. The molecule has 1 aromatic carbocycles. The molecular formula is C13H11BrFN3O3. The van der Waals surface area contributed by atoms with Crippen LogP contribution in [0, 0.1) is 15.9 Å². The zero-order chi connectivity index (χ0) is 15.4. The molecule has 2 aromatic rings. The predicted octanol–water partition coefficient (Wildman–Crippen LogP) is 4.03. The Bertz CT molecular complexity index is 682. The molecule has 8 heteroatoms. The van der Waals surface area contributed by atoms with Crippen LogP contribution in [0.2, 0.25) is 0 Å². The summed E-state index contributed by atoms with van der Waals surface area (Å²) < 4.78 is 19.5. The number of aromatic nitrogens is 2. The number of nitro benzene ring substituents is 1. The van der Waals surface area contributed by atoms with Crippen LogP contribution in [-0.2, 0) is 6.42 Å². The highest BCUT2D eigenvalue weighted by Crippen LogP contribution is 2.26. The van der Waals surface area contributed by atoms with Crippen LogP contribution < -0.4 is 4.74 Å². The van der Waals surface area contributed by atoms with Gasteiger partial charge in [-0.25, -0.2) is 4.98 Å². The second-order valence-electron chi connectivity index (χ2n) is 4.17. The van der Waals surface area contributed by atoms with Gasteiger partial charge in [-0.05, 0) is 28.4 Å². The number of nitrogens with zero attached hydrogens (tertiary/aromatic N) is 3. The van der Waals surface area contributed by atoms with Crippen LogP contribution in [0.1, 0.15) is 19.2 Å². The number of nitro groups is 1. The first-order valence-corrected chi connectivity index (χ1v) is 6.94. The molecule has 1 aromatic heterocycles. The second kappa shape index (κ2) is 6.57. The topological polar surface area (TPSA) is 78.2 Å². The Labute approximate surface area is 128 Å². The minimum Gasteiger partial charge on any atom is -0.439 e. The zero-order valence-corrected chi connectivity index (χ0v) is 12.6. The van der Waals surface area contributed by atoms with Crippen LogP contribution in [0.15, 0.2) is 28.9 Å². The molecule has 0 aliphatic heterocycles. The summed E-state index contributed by atoms with van der Waals surface area (Å²) in [6.45, 7) is 2.00. The third kappa shape index (κ3) is 3.94. The van der Waals surface area contributed by atoms with Gasteiger partial charge in [-0.2, -0.15) is 9.37 Å². The zero-order valence-electron chi connectivity index (χ0n) is 11.0. The van der Waals surface area contributed by atoms with Crippen molar-refractivity contribution in [2.45, 2.75) is 19.8 Å². The Morgan fingerprint density at radius 1 is 1.38 bits per heavy atom. The molecule has 0 fully saturated rings. The lowest BCUT2D eigenvalue weighted by Crippen LogP contribution is -1.98. The largest absolute Gasteiger partial charge is 0.439 e. The van der Waals surface area contributed by atoms with Crippen molar-refractivity contribution >= 4 is 21.6 Å². The summed E-state index contributed by atoms with van der Waals surface area (Å²) in [5.74, 6) is 0.0170. The number of hydrogen-bond acceptors (Lipinski definition) is 5. The fraction of sp³-hybridized carbons (Fsp3) is 0.231. The third-order valence-corrected chi connectivity index (χ3v) is 2.94. The first-order chi connectivity index (χ1) is 9.99. The molecule has 2 rings (SSSR count). The van der Waals surface area contributed by atoms with Gasteiger partial charge < -0.3 is 4.74 Å². The van der Waals surface area contributed by atoms with Gasteiger partial charge in [-0.1, -0.05) is 6.92 Å². The Balaban J connectivity index is 2.25. The number of hydrogen-bond donors (Lipinski definition) is 0. The molecule has 0 bridgehead atoms. The van der Waals surface area contributed by atoms with E-state index in [-0.39, 0.29) is 11.6 Å². The highest BCUT2D eigenvalue weighted by Gasteiger charge is 2.15. The molecule has 0 amide bonds. The molecule has 0 unspecified atom stereocenters. The van der Waals surface area contributed by atoms with E-state index in [0.717, 1.165) is 18.6 Å². The van der Waals surface area contributed by atoms with E-state index in [2.05, 4.69) is 25.9 Å². The van der Waals surface area contributed by atoms with E-state index in [0.29, 0.717) is 16.8 Å². The molecule has 0 saturated heterocycles. The molecule has 0 atom stereocenters. The number of halogens is 2. The number of rotatable bonds is 5. The van der Waals surface area contributed by atoms with Crippen molar-refractivity contribution in [2.24, 2.45) is 0 Å².